The molecule has 2 N–H and O–H groups in total. The van der Waals surface area contributed by atoms with Crippen molar-refractivity contribution >= 4 is 29.0 Å². The summed E-state index contributed by atoms with van der Waals surface area (Å²) in [5.41, 5.74) is 5.27. The maximum atomic E-state index is 11.2. The molecule has 3 heterocycles. The summed E-state index contributed by atoms with van der Waals surface area (Å²) in [6.07, 6.45) is 1.77. The number of hydrogen-bond acceptors (Lipinski definition) is 4. The summed E-state index contributed by atoms with van der Waals surface area (Å²) in [5.74, 6) is 0.433. The minimum absolute atomic E-state index is 0.205. The quantitative estimate of drug-likeness (QED) is 0.356. The van der Waals surface area contributed by atoms with Gasteiger partial charge in [0.05, 0.1) is 17.3 Å². The van der Waals surface area contributed by atoms with Gasteiger partial charge in [-0.1, -0.05) is 24.3 Å². The molecule has 4 aromatic rings. The number of hydrogen-bond donors (Lipinski definition) is 2. The SMILES string of the molecule is Cc1ccc(N2C(=S)N[C@H](c3ccccn3)[C@H]2c2ccc(-c3ccc(C(=O)O)cc3)o2)cc1C. The fourth-order valence-corrected chi connectivity index (χ4v) is 4.59. The predicted molar refractivity (Wildman–Crippen MR) is 135 cm³/mol. The zero-order chi connectivity index (χ0) is 23.8. The zero-order valence-electron chi connectivity index (χ0n) is 18.7. The highest BCUT2D eigenvalue weighted by atomic mass is 32.1. The van der Waals surface area contributed by atoms with Crippen LogP contribution in [-0.2, 0) is 0 Å². The van der Waals surface area contributed by atoms with Gasteiger partial charge in [0.15, 0.2) is 5.11 Å². The van der Waals surface area contributed by atoms with Crippen molar-refractivity contribution in [3.05, 3.63) is 107 Å². The number of benzene rings is 2. The van der Waals surface area contributed by atoms with Gasteiger partial charge >= 0.3 is 5.97 Å². The first-order valence-corrected chi connectivity index (χ1v) is 11.3. The van der Waals surface area contributed by atoms with Crippen molar-refractivity contribution in [3.8, 4) is 11.3 Å². The first-order valence-electron chi connectivity index (χ1n) is 10.9. The molecule has 0 radical (unpaired) electrons. The van der Waals surface area contributed by atoms with Gasteiger partial charge in [0.1, 0.15) is 17.6 Å². The molecule has 0 spiro atoms. The Morgan fingerprint density at radius 1 is 1.03 bits per heavy atom. The van der Waals surface area contributed by atoms with Crippen LogP contribution in [0.1, 0.15) is 45.0 Å². The fourth-order valence-electron chi connectivity index (χ4n) is 4.24. The van der Waals surface area contributed by atoms with E-state index in [4.69, 9.17) is 16.6 Å². The van der Waals surface area contributed by atoms with Gasteiger partial charge in [-0.2, -0.15) is 0 Å². The number of carboxylic acids is 1. The maximum absolute atomic E-state index is 11.2. The zero-order valence-corrected chi connectivity index (χ0v) is 19.5. The normalized spacial score (nSPS) is 17.6. The average molecular weight is 470 g/mol. The Hall–Kier alpha value is -3.97. The lowest BCUT2D eigenvalue weighted by molar-refractivity contribution is 0.0697. The molecule has 6 nitrogen and oxygen atoms in total. The number of carbonyl (C=O) groups is 1. The van der Waals surface area contributed by atoms with E-state index in [2.05, 4.69) is 47.2 Å². The van der Waals surface area contributed by atoms with Crippen LogP contribution < -0.4 is 10.2 Å². The smallest absolute Gasteiger partial charge is 0.335 e. The average Bonchev–Trinajstić information content (AvgIpc) is 3.46. The van der Waals surface area contributed by atoms with E-state index in [1.165, 1.54) is 11.1 Å². The van der Waals surface area contributed by atoms with Gasteiger partial charge in [-0.3, -0.25) is 4.98 Å². The van der Waals surface area contributed by atoms with Crippen molar-refractivity contribution < 1.29 is 14.3 Å². The number of furan rings is 1. The number of nitrogens with zero attached hydrogens (tertiary/aromatic N) is 2. The summed E-state index contributed by atoms with van der Waals surface area (Å²) >= 11 is 5.78. The number of nitrogens with one attached hydrogen (secondary N) is 1. The summed E-state index contributed by atoms with van der Waals surface area (Å²) < 4.78 is 6.34. The molecule has 170 valence electrons. The first-order chi connectivity index (χ1) is 16.4. The van der Waals surface area contributed by atoms with Crippen molar-refractivity contribution in [1.29, 1.82) is 0 Å². The molecule has 1 saturated heterocycles. The molecule has 7 heteroatoms. The molecule has 1 aliphatic heterocycles. The van der Waals surface area contributed by atoms with Gasteiger partial charge in [-0.05, 0) is 85.7 Å². The van der Waals surface area contributed by atoms with E-state index >= 15 is 0 Å². The molecule has 0 unspecified atom stereocenters. The molecule has 0 saturated carbocycles. The molecule has 2 aromatic carbocycles. The van der Waals surface area contributed by atoms with E-state index in [1.54, 1.807) is 30.5 Å². The second kappa shape index (κ2) is 8.76. The molecule has 34 heavy (non-hydrogen) atoms. The Morgan fingerprint density at radius 2 is 1.82 bits per heavy atom. The number of aromatic nitrogens is 1. The third kappa shape index (κ3) is 3.95. The van der Waals surface area contributed by atoms with Crippen LogP contribution in [0.15, 0.2) is 83.4 Å². The van der Waals surface area contributed by atoms with Gasteiger partial charge in [-0.25, -0.2) is 4.79 Å². The van der Waals surface area contributed by atoms with Crippen molar-refractivity contribution in [2.45, 2.75) is 25.9 Å². The summed E-state index contributed by atoms with van der Waals surface area (Å²) in [4.78, 5) is 17.8. The summed E-state index contributed by atoms with van der Waals surface area (Å²) in [6, 6.07) is 22.2. The van der Waals surface area contributed by atoms with Crippen molar-refractivity contribution in [2.24, 2.45) is 0 Å². The van der Waals surface area contributed by atoms with Gasteiger partial charge in [0.2, 0.25) is 0 Å². The Morgan fingerprint density at radius 3 is 2.50 bits per heavy atom. The molecular weight excluding hydrogens is 446 g/mol. The molecular formula is C27H23N3O3S. The fraction of sp³-hybridized carbons (Fsp3) is 0.148. The number of carboxylic acid groups (broad SMARTS) is 1. The summed E-state index contributed by atoms with van der Waals surface area (Å²) in [5, 5.41) is 13.2. The highest BCUT2D eigenvalue weighted by Gasteiger charge is 2.42. The first kappa shape index (κ1) is 21.9. The van der Waals surface area contributed by atoms with E-state index in [9.17, 15) is 9.90 Å². The second-order valence-electron chi connectivity index (χ2n) is 8.35. The molecule has 0 aliphatic carbocycles. The number of rotatable bonds is 5. The minimum Gasteiger partial charge on any atom is -0.478 e. The second-order valence-corrected chi connectivity index (χ2v) is 8.74. The number of thiocarbonyl (C=S) groups is 1. The number of pyridine rings is 1. The molecule has 2 aromatic heterocycles. The third-order valence-electron chi connectivity index (χ3n) is 6.20. The van der Waals surface area contributed by atoms with E-state index in [1.807, 2.05) is 30.3 Å². The van der Waals surface area contributed by atoms with Gasteiger partial charge < -0.3 is 19.7 Å². The lowest BCUT2D eigenvalue weighted by atomic mass is 10.0. The van der Waals surface area contributed by atoms with Crippen LogP contribution in [0.3, 0.4) is 0 Å². The lowest BCUT2D eigenvalue weighted by Gasteiger charge is -2.26. The maximum Gasteiger partial charge on any atom is 0.335 e. The number of aryl methyl sites for hydroxylation is 2. The van der Waals surface area contributed by atoms with Crippen LogP contribution in [0, 0.1) is 13.8 Å². The Labute approximate surface area is 202 Å². The summed E-state index contributed by atoms with van der Waals surface area (Å²) in [6.45, 7) is 4.17. The van der Waals surface area contributed by atoms with E-state index in [-0.39, 0.29) is 17.6 Å². The van der Waals surface area contributed by atoms with E-state index in [0.717, 1.165) is 22.7 Å². The number of aromatic carboxylic acids is 1. The Balaban J connectivity index is 1.57. The Bertz CT molecular complexity index is 1370. The summed E-state index contributed by atoms with van der Waals surface area (Å²) in [7, 11) is 0. The molecule has 2 atom stereocenters. The van der Waals surface area contributed by atoms with Crippen LogP contribution in [0.5, 0.6) is 0 Å². The van der Waals surface area contributed by atoms with Crippen LogP contribution in [0.2, 0.25) is 0 Å². The van der Waals surface area contributed by atoms with Crippen molar-refractivity contribution in [2.75, 3.05) is 4.90 Å². The highest BCUT2D eigenvalue weighted by molar-refractivity contribution is 7.80. The lowest BCUT2D eigenvalue weighted by Crippen LogP contribution is -2.29. The van der Waals surface area contributed by atoms with Crippen LogP contribution >= 0.6 is 12.2 Å². The van der Waals surface area contributed by atoms with Gasteiger partial charge in [0.25, 0.3) is 0 Å². The highest BCUT2D eigenvalue weighted by Crippen LogP contribution is 2.43. The van der Waals surface area contributed by atoms with Crippen molar-refractivity contribution in [1.82, 2.24) is 10.3 Å². The largest absolute Gasteiger partial charge is 0.478 e. The van der Waals surface area contributed by atoms with E-state index < -0.39 is 5.97 Å². The van der Waals surface area contributed by atoms with Crippen LogP contribution in [0.4, 0.5) is 5.69 Å². The molecule has 0 amide bonds. The topological polar surface area (TPSA) is 78.6 Å². The van der Waals surface area contributed by atoms with Crippen LogP contribution in [0.25, 0.3) is 11.3 Å². The number of anilines is 1. The molecule has 5 rings (SSSR count). The van der Waals surface area contributed by atoms with Gasteiger partial charge in [-0.15, -0.1) is 0 Å². The molecule has 1 aliphatic rings. The Kier molecular flexibility index (Phi) is 5.63. The predicted octanol–water partition coefficient (Wildman–Crippen LogP) is 5.83. The molecule has 1 fully saturated rings. The van der Waals surface area contributed by atoms with Gasteiger partial charge in [0, 0.05) is 17.4 Å². The minimum atomic E-state index is -0.959. The standard InChI is InChI=1S/C27H23N3O3S/c1-16-6-11-20(15-17(16)2)30-25(24(29-27(30)34)21-5-3-4-14-28-21)23-13-12-22(33-23)18-7-9-19(10-8-18)26(31)32/h3-15,24-25H,1-2H3,(H,29,34)(H,31,32)/t24-,25-/m1/s1. The third-order valence-corrected chi connectivity index (χ3v) is 6.52. The molecule has 0 bridgehead atoms. The van der Waals surface area contributed by atoms with Crippen LogP contribution in [-0.4, -0.2) is 21.2 Å². The monoisotopic (exact) mass is 469 g/mol. The van der Waals surface area contributed by atoms with Crippen molar-refractivity contribution in [3.63, 3.8) is 0 Å². The van der Waals surface area contributed by atoms with E-state index in [0.29, 0.717) is 10.9 Å².